The van der Waals surface area contributed by atoms with E-state index in [0.717, 1.165) is 23.5 Å². The van der Waals surface area contributed by atoms with Crippen LogP contribution in [0, 0.1) is 0 Å². The molecule has 0 atom stereocenters. The van der Waals surface area contributed by atoms with Crippen molar-refractivity contribution >= 4 is 39.2 Å². The van der Waals surface area contributed by atoms with E-state index in [0.29, 0.717) is 6.54 Å². The minimum absolute atomic E-state index is 0.401. The van der Waals surface area contributed by atoms with E-state index in [1.165, 1.54) is 28.7 Å². The Morgan fingerprint density at radius 2 is 2.00 bits per heavy atom. The first-order chi connectivity index (χ1) is 11.6. The SMILES string of the molecule is CCn1c2ccccc2c2c3c(ccc21)/C(=N/OC(C)=O)CN3C. The second-order valence-electron chi connectivity index (χ2n) is 6.09. The number of oxime groups is 1. The first kappa shape index (κ1) is 14.8. The molecule has 122 valence electrons. The normalized spacial score (nSPS) is 15.5. The van der Waals surface area contributed by atoms with Crippen molar-refractivity contribution in [2.24, 2.45) is 5.16 Å². The molecule has 0 amide bonds. The van der Waals surface area contributed by atoms with Crippen molar-refractivity contribution in [1.29, 1.82) is 0 Å². The van der Waals surface area contributed by atoms with Crippen LogP contribution >= 0.6 is 0 Å². The molecular weight excluding hydrogens is 302 g/mol. The Labute approximate surface area is 140 Å². The molecule has 5 nitrogen and oxygen atoms in total. The molecule has 0 aliphatic carbocycles. The van der Waals surface area contributed by atoms with E-state index in [-0.39, 0.29) is 0 Å². The number of para-hydroxylation sites is 1. The number of benzene rings is 2. The zero-order valence-electron chi connectivity index (χ0n) is 14.0. The highest BCUT2D eigenvalue weighted by molar-refractivity contribution is 6.23. The number of rotatable bonds is 2. The van der Waals surface area contributed by atoms with Crippen LogP contribution < -0.4 is 4.90 Å². The Kier molecular flexibility index (Phi) is 3.30. The molecule has 5 heteroatoms. The molecular formula is C19H19N3O2. The molecule has 0 spiro atoms. The molecule has 0 saturated carbocycles. The summed E-state index contributed by atoms with van der Waals surface area (Å²) in [7, 11) is 2.05. The van der Waals surface area contributed by atoms with Gasteiger partial charge in [-0.05, 0) is 25.1 Å². The van der Waals surface area contributed by atoms with Crippen LogP contribution in [0.4, 0.5) is 5.69 Å². The number of aryl methyl sites for hydroxylation is 1. The first-order valence-electron chi connectivity index (χ1n) is 8.11. The predicted molar refractivity (Wildman–Crippen MR) is 96.7 cm³/mol. The van der Waals surface area contributed by atoms with E-state index < -0.39 is 5.97 Å². The highest BCUT2D eigenvalue weighted by atomic mass is 16.7. The van der Waals surface area contributed by atoms with Gasteiger partial charge >= 0.3 is 5.97 Å². The number of carbonyl (C=O) groups excluding carboxylic acids is 1. The van der Waals surface area contributed by atoms with Crippen LogP contribution in [0.3, 0.4) is 0 Å². The molecule has 2 heterocycles. The van der Waals surface area contributed by atoms with E-state index in [1.54, 1.807) is 0 Å². The van der Waals surface area contributed by atoms with E-state index in [2.05, 4.69) is 57.9 Å². The summed E-state index contributed by atoms with van der Waals surface area (Å²) >= 11 is 0. The molecule has 0 bridgehead atoms. The molecule has 2 aromatic carbocycles. The lowest BCUT2D eigenvalue weighted by atomic mass is 10.1. The summed E-state index contributed by atoms with van der Waals surface area (Å²) in [4.78, 5) is 18.1. The number of anilines is 1. The number of hydrogen-bond donors (Lipinski definition) is 0. The van der Waals surface area contributed by atoms with Gasteiger partial charge in [0.1, 0.15) is 5.71 Å². The summed E-state index contributed by atoms with van der Waals surface area (Å²) in [5, 5.41) is 6.53. The minimum atomic E-state index is -0.401. The molecule has 1 aliphatic heterocycles. The van der Waals surface area contributed by atoms with Gasteiger partial charge in [0.05, 0.1) is 17.7 Å². The molecule has 0 saturated heterocycles. The summed E-state index contributed by atoms with van der Waals surface area (Å²) < 4.78 is 2.33. The van der Waals surface area contributed by atoms with E-state index >= 15 is 0 Å². The molecule has 4 rings (SSSR count). The number of likely N-dealkylation sites (N-methyl/N-ethyl adjacent to an activating group) is 1. The fourth-order valence-electron chi connectivity index (χ4n) is 3.68. The van der Waals surface area contributed by atoms with Gasteiger partial charge in [0.15, 0.2) is 0 Å². The third-order valence-corrected chi connectivity index (χ3v) is 4.59. The van der Waals surface area contributed by atoms with Crippen molar-refractivity contribution in [2.75, 3.05) is 18.5 Å². The Morgan fingerprint density at radius 3 is 2.75 bits per heavy atom. The maximum absolute atomic E-state index is 11.1. The number of aromatic nitrogens is 1. The lowest BCUT2D eigenvalue weighted by Gasteiger charge is -2.13. The monoisotopic (exact) mass is 321 g/mol. The van der Waals surface area contributed by atoms with Crippen LogP contribution in [0.1, 0.15) is 19.4 Å². The second-order valence-corrected chi connectivity index (χ2v) is 6.09. The summed E-state index contributed by atoms with van der Waals surface area (Å²) in [6, 6.07) is 12.7. The smallest absolute Gasteiger partial charge is 0.331 e. The maximum atomic E-state index is 11.1. The Balaban J connectivity index is 2.05. The van der Waals surface area contributed by atoms with Crippen molar-refractivity contribution in [2.45, 2.75) is 20.4 Å². The number of fused-ring (bicyclic) bond motifs is 5. The van der Waals surface area contributed by atoms with Gasteiger partial charge in [-0.1, -0.05) is 23.4 Å². The molecule has 0 fully saturated rings. The van der Waals surface area contributed by atoms with Gasteiger partial charge < -0.3 is 14.3 Å². The molecule has 0 unspecified atom stereocenters. The van der Waals surface area contributed by atoms with Crippen molar-refractivity contribution in [3.05, 3.63) is 42.0 Å². The third kappa shape index (κ3) is 2.01. The van der Waals surface area contributed by atoms with Gasteiger partial charge in [-0.25, -0.2) is 4.79 Å². The lowest BCUT2D eigenvalue weighted by molar-refractivity contribution is -0.140. The zero-order chi connectivity index (χ0) is 16.8. The average Bonchev–Trinajstić information content (AvgIpc) is 3.07. The van der Waals surface area contributed by atoms with Crippen molar-refractivity contribution < 1.29 is 9.63 Å². The quantitative estimate of drug-likeness (QED) is 0.536. The summed E-state index contributed by atoms with van der Waals surface area (Å²) in [6.45, 7) is 5.08. The highest BCUT2D eigenvalue weighted by Gasteiger charge is 2.27. The van der Waals surface area contributed by atoms with Crippen molar-refractivity contribution in [3.8, 4) is 0 Å². The molecule has 1 aromatic heterocycles. The molecule has 3 aromatic rings. The molecule has 1 aliphatic rings. The number of nitrogens with zero attached hydrogens (tertiary/aromatic N) is 3. The topological polar surface area (TPSA) is 46.8 Å². The average molecular weight is 321 g/mol. The van der Waals surface area contributed by atoms with Gasteiger partial charge in [0.25, 0.3) is 0 Å². The van der Waals surface area contributed by atoms with Gasteiger partial charge in [-0.15, -0.1) is 0 Å². The third-order valence-electron chi connectivity index (χ3n) is 4.59. The summed E-state index contributed by atoms with van der Waals surface area (Å²) in [5.74, 6) is -0.401. The van der Waals surface area contributed by atoms with E-state index in [9.17, 15) is 4.79 Å². The molecule has 0 radical (unpaired) electrons. The summed E-state index contributed by atoms with van der Waals surface area (Å²) in [6.07, 6.45) is 0. The van der Waals surface area contributed by atoms with E-state index in [1.807, 2.05) is 7.05 Å². The Bertz CT molecular complexity index is 1000. The second kappa shape index (κ2) is 5.37. The van der Waals surface area contributed by atoms with Gasteiger partial charge in [-0.3, -0.25) is 0 Å². The van der Waals surface area contributed by atoms with Crippen molar-refractivity contribution in [3.63, 3.8) is 0 Å². The van der Waals surface area contributed by atoms with Crippen LogP contribution in [-0.2, 0) is 16.2 Å². The molecule has 24 heavy (non-hydrogen) atoms. The Hall–Kier alpha value is -2.82. The van der Waals surface area contributed by atoms with Gasteiger partial charge in [0, 0.05) is 42.4 Å². The zero-order valence-corrected chi connectivity index (χ0v) is 14.0. The first-order valence-corrected chi connectivity index (χ1v) is 8.11. The van der Waals surface area contributed by atoms with Crippen LogP contribution in [0.25, 0.3) is 21.8 Å². The number of carbonyl (C=O) groups is 1. The van der Waals surface area contributed by atoms with Crippen LogP contribution in [0.5, 0.6) is 0 Å². The predicted octanol–water partition coefficient (Wildman–Crippen LogP) is 3.53. The fourth-order valence-corrected chi connectivity index (χ4v) is 3.68. The van der Waals surface area contributed by atoms with Crippen LogP contribution in [0.15, 0.2) is 41.6 Å². The standard InChI is InChI=1S/C19H19N3O2/c1-4-22-16-8-6-5-7-14(16)18-17(22)10-9-13-15(20-24-12(2)23)11-21(3)19(13)18/h5-10H,4,11H2,1-3H3/b20-15+. The van der Waals surface area contributed by atoms with Crippen LogP contribution in [0.2, 0.25) is 0 Å². The largest absolute Gasteiger partial charge is 0.367 e. The lowest BCUT2D eigenvalue weighted by Crippen LogP contribution is -2.17. The minimum Gasteiger partial charge on any atom is -0.367 e. The number of hydrogen-bond acceptors (Lipinski definition) is 4. The summed E-state index contributed by atoms with van der Waals surface area (Å²) in [5.41, 5.74) is 5.44. The Morgan fingerprint density at radius 1 is 1.21 bits per heavy atom. The highest BCUT2D eigenvalue weighted by Crippen LogP contribution is 2.41. The van der Waals surface area contributed by atoms with Crippen LogP contribution in [-0.4, -0.2) is 29.8 Å². The van der Waals surface area contributed by atoms with E-state index in [4.69, 9.17) is 4.84 Å². The van der Waals surface area contributed by atoms with Gasteiger partial charge in [-0.2, -0.15) is 0 Å². The molecule has 0 N–H and O–H groups in total. The van der Waals surface area contributed by atoms with Crippen molar-refractivity contribution in [1.82, 2.24) is 4.57 Å². The maximum Gasteiger partial charge on any atom is 0.331 e. The fraction of sp³-hybridized carbons (Fsp3) is 0.263. The van der Waals surface area contributed by atoms with Gasteiger partial charge in [0.2, 0.25) is 0 Å².